The summed E-state index contributed by atoms with van der Waals surface area (Å²) in [4.78, 5) is 12.9. The Bertz CT molecular complexity index is 1040. The van der Waals surface area contributed by atoms with Gasteiger partial charge in [0.05, 0.1) is 10.6 Å². The SMILES string of the molecule is Cc1ccc(S(=O)(=O)N(CC(=O)NCCCSC2CCCCC2)c2cccc(Cl)c2C)cc1. The van der Waals surface area contributed by atoms with Gasteiger partial charge in [0.25, 0.3) is 10.0 Å². The first-order valence-corrected chi connectivity index (χ1v) is 14.4. The molecule has 180 valence electrons. The van der Waals surface area contributed by atoms with Gasteiger partial charge >= 0.3 is 0 Å². The van der Waals surface area contributed by atoms with E-state index in [0.717, 1.165) is 27.3 Å². The Balaban J connectivity index is 1.67. The second kappa shape index (κ2) is 12.1. The average molecular weight is 509 g/mol. The fourth-order valence-electron chi connectivity index (χ4n) is 3.97. The van der Waals surface area contributed by atoms with E-state index in [2.05, 4.69) is 5.32 Å². The fraction of sp³-hybridized carbons (Fsp3) is 0.480. The van der Waals surface area contributed by atoms with Crippen LogP contribution in [0.3, 0.4) is 0 Å². The number of carbonyl (C=O) groups is 1. The Morgan fingerprint density at radius 1 is 1.09 bits per heavy atom. The molecule has 0 aromatic heterocycles. The molecule has 0 saturated heterocycles. The number of anilines is 1. The maximum absolute atomic E-state index is 13.5. The molecule has 0 aliphatic heterocycles. The maximum Gasteiger partial charge on any atom is 0.264 e. The van der Waals surface area contributed by atoms with Crippen molar-refractivity contribution in [1.82, 2.24) is 5.32 Å². The van der Waals surface area contributed by atoms with Crippen molar-refractivity contribution in [3.8, 4) is 0 Å². The van der Waals surface area contributed by atoms with Gasteiger partial charge in [0.2, 0.25) is 5.91 Å². The smallest absolute Gasteiger partial charge is 0.264 e. The van der Waals surface area contributed by atoms with Crippen molar-refractivity contribution >= 4 is 45.0 Å². The summed E-state index contributed by atoms with van der Waals surface area (Å²) in [7, 11) is -3.95. The molecule has 3 rings (SSSR count). The molecule has 2 aromatic rings. The van der Waals surface area contributed by atoms with E-state index in [1.165, 1.54) is 32.1 Å². The molecule has 0 heterocycles. The Morgan fingerprint density at radius 2 is 1.79 bits per heavy atom. The Morgan fingerprint density at radius 3 is 2.48 bits per heavy atom. The first kappa shape index (κ1) is 25.9. The minimum atomic E-state index is -3.95. The number of sulfonamides is 1. The monoisotopic (exact) mass is 508 g/mol. The van der Waals surface area contributed by atoms with Crippen LogP contribution in [-0.2, 0) is 14.8 Å². The molecule has 1 aliphatic rings. The summed E-state index contributed by atoms with van der Waals surface area (Å²) in [6, 6.07) is 11.7. The summed E-state index contributed by atoms with van der Waals surface area (Å²) in [5, 5.41) is 4.10. The zero-order chi connectivity index (χ0) is 23.8. The van der Waals surface area contributed by atoms with E-state index in [-0.39, 0.29) is 17.3 Å². The summed E-state index contributed by atoms with van der Waals surface area (Å²) in [5.41, 5.74) is 1.99. The summed E-state index contributed by atoms with van der Waals surface area (Å²) in [6.45, 7) is 3.89. The van der Waals surface area contributed by atoms with Crippen molar-refractivity contribution in [2.24, 2.45) is 0 Å². The third-order valence-electron chi connectivity index (χ3n) is 5.95. The van der Waals surface area contributed by atoms with E-state index < -0.39 is 10.0 Å². The van der Waals surface area contributed by atoms with E-state index in [1.807, 2.05) is 18.7 Å². The molecule has 0 atom stereocenters. The summed E-state index contributed by atoms with van der Waals surface area (Å²) >= 11 is 8.26. The molecule has 1 aliphatic carbocycles. The highest BCUT2D eigenvalue weighted by Crippen LogP contribution is 2.31. The lowest BCUT2D eigenvalue weighted by Gasteiger charge is -2.26. The van der Waals surface area contributed by atoms with Crippen molar-refractivity contribution in [2.45, 2.75) is 62.5 Å². The molecular formula is C25H33ClN2O3S2. The third-order valence-corrected chi connectivity index (χ3v) is 9.60. The number of hydrogen-bond acceptors (Lipinski definition) is 4. The summed E-state index contributed by atoms with van der Waals surface area (Å²) in [5.74, 6) is 0.678. The lowest BCUT2D eigenvalue weighted by molar-refractivity contribution is -0.119. The molecular weight excluding hydrogens is 476 g/mol. The molecule has 2 aromatic carbocycles. The molecule has 0 unspecified atom stereocenters. The molecule has 1 N–H and O–H groups in total. The van der Waals surface area contributed by atoms with Crippen LogP contribution in [0.25, 0.3) is 0 Å². The van der Waals surface area contributed by atoms with Gasteiger partial charge in [-0.25, -0.2) is 8.42 Å². The quantitative estimate of drug-likeness (QED) is 0.416. The normalized spacial score (nSPS) is 14.8. The molecule has 0 spiro atoms. The van der Waals surface area contributed by atoms with Crippen LogP contribution in [0.4, 0.5) is 5.69 Å². The average Bonchev–Trinajstić information content (AvgIpc) is 2.80. The van der Waals surface area contributed by atoms with E-state index in [4.69, 9.17) is 11.6 Å². The largest absolute Gasteiger partial charge is 0.354 e. The number of amides is 1. The lowest BCUT2D eigenvalue weighted by Crippen LogP contribution is -2.41. The minimum Gasteiger partial charge on any atom is -0.354 e. The maximum atomic E-state index is 13.5. The van der Waals surface area contributed by atoms with Crippen LogP contribution in [0.5, 0.6) is 0 Å². The number of carbonyl (C=O) groups excluding carboxylic acids is 1. The second-order valence-corrected chi connectivity index (χ2v) is 12.2. The highest BCUT2D eigenvalue weighted by Gasteiger charge is 2.28. The lowest BCUT2D eigenvalue weighted by atomic mass is 10.0. The molecule has 1 saturated carbocycles. The van der Waals surface area contributed by atoms with Crippen LogP contribution in [-0.4, -0.2) is 38.4 Å². The first-order valence-electron chi connectivity index (χ1n) is 11.5. The van der Waals surface area contributed by atoms with Gasteiger partial charge in [0.1, 0.15) is 6.54 Å². The highest BCUT2D eigenvalue weighted by atomic mass is 35.5. The van der Waals surface area contributed by atoms with Gasteiger partial charge in [0, 0.05) is 16.8 Å². The minimum absolute atomic E-state index is 0.143. The van der Waals surface area contributed by atoms with Gasteiger partial charge in [-0.2, -0.15) is 11.8 Å². The zero-order valence-corrected chi connectivity index (χ0v) is 21.7. The number of hydrogen-bond donors (Lipinski definition) is 1. The zero-order valence-electron chi connectivity index (χ0n) is 19.3. The van der Waals surface area contributed by atoms with E-state index in [9.17, 15) is 13.2 Å². The summed E-state index contributed by atoms with van der Waals surface area (Å²) in [6.07, 6.45) is 7.45. The van der Waals surface area contributed by atoms with Crippen LogP contribution < -0.4 is 9.62 Å². The van der Waals surface area contributed by atoms with Crippen LogP contribution in [0, 0.1) is 13.8 Å². The second-order valence-electron chi connectivity index (χ2n) is 8.54. The van der Waals surface area contributed by atoms with Crippen molar-refractivity contribution in [3.05, 3.63) is 58.6 Å². The number of aryl methyl sites for hydroxylation is 1. The van der Waals surface area contributed by atoms with E-state index in [0.29, 0.717) is 22.8 Å². The van der Waals surface area contributed by atoms with Gasteiger partial charge in [-0.3, -0.25) is 9.10 Å². The van der Waals surface area contributed by atoms with Crippen LogP contribution in [0.1, 0.15) is 49.7 Å². The predicted octanol–water partition coefficient (Wildman–Crippen LogP) is 5.72. The molecule has 0 radical (unpaired) electrons. The predicted molar refractivity (Wildman–Crippen MR) is 139 cm³/mol. The molecule has 1 fully saturated rings. The van der Waals surface area contributed by atoms with Gasteiger partial charge < -0.3 is 5.32 Å². The van der Waals surface area contributed by atoms with Crippen molar-refractivity contribution < 1.29 is 13.2 Å². The standard InChI is InChI=1S/C25H33ClN2O3S2/c1-19-12-14-22(15-13-19)33(30,31)28(24-11-6-10-23(26)20(24)2)18-25(29)27-16-7-17-32-21-8-4-3-5-9-21/h6,10-15,21H,3-5,7-9,16-18H2,1-2H3,(H,27,29). The van der Waals surface area contributed by atoms with Gasteiger partial charge in [-0.15, -0.1) is 0 Å². The third kappa shape index (κ3) is 7.14. The van der Waals surface area contributed by atoms with Gasteiger partial charge in [-0.05, 0) is 68.7 Å². The van der Waals surface area contributed by atoms with Crippen LogP contribution in [0.15, 0.2) is 47.4 Å². The number of benzene rings is 2. The number of halogens is 1. The Hall–Kier alpha value is -1.70. The van der Waals surface area contributed by atoms with Crippen molar-refractivity contribution in [3.63, 3.8) is 0 Å². The fourth-order valence-corrected chi connectivity index (χ4v) is 6.93. The topological polar surface area (TPSA) is 66.5 Å². The van der Waals surface area contributed by atoms with E-state index >= 15 is 0 Å². The van der Waals surface area contributed by atoms with Gasteiger partial charge in [-0.1, -0.05) is 54.6 Å². The molecule has 0 bridgehead atoms. The molecule has 8 heteroatoms. The van der Waals surface area contributed by atoms with Gasteiger partial charge in [0.15, 0.2) is 0 Å². The van der Waals surface area contributed by atoms with Crippen molar-refractivity contribution in [2.75, 3.05) is 23.1 Å². The van der Waals surface area contributed by atoms with Crippen molar-refractivity contribution in [1.29, 1.82) is 0 Å². The van der Waals surface area contributed by atoms with E-state index in [1.54, 1.807) is 49.4 Å². The number of thioether (sulfide) groups is 1. The molecule has 33 heavy (non-hydrogen) atoms. The number of nitrogens with one attached hydrogen (secondary N) is 1. The number of nitrogens with zero attached hydrogens (tertiary/aromatic N) is 1. The number of rotatable bonds is 10. The van der Waals surface area contributed by atoms with Crippen LogP contribution in [0.2, 0.25) is 5.02 Å². The highest BCUT2D eigenvalue weighted by molar-refractivity contribution is 7.99. The first-order chi connectivity index (χ1) is 15.8. The van der Waals surface area contributed by atoms with Crippen LogP contribution >= 0.6 is 23.4 Å². The summed E-state index contributed by atoms with van der Waals surface area (Å²) < 4.78 is 28.1. The molecule has 5 nitrogen and oxygen atoms in total. The Labute approximate surface area is 207 Å². The molecule has 1 amide bonds. The Kier molecular flexibility index (Phi) is 9.53.